The molecule has 0 unspecified atom stereocenters. The number of rotatable bonds is 3. The summed E-state index contributed by atoms with van der Waals surface area (Å²) in [6.45, 7) is 3.65. The van der Waals surface area contributed by atoms with E-state index in [1.165, 1.54) is 4.68 Å². The first-order chi connectivity index (χ1) is 8.59. The van der Waals surface area contributed by atoms with Crippen molar-refractivity contribution >= 4 is 21.8 Å². The van der Waals surface area contributed by atoms with Gasteiger partial charge >= 0.3 is 0 Å². The summed E-state index contributed by atoms with van der Waals surface area (Å²) in [7, 11) is 0. The molecule has 0 aliphatic carbocycles. The van der Waals surface area contributed by atoms with Crippen molar-refractivity contribution in [2.45, 2.75) is 13.8 Å². The predicted octanol–water partition coefficient (Wildman–Crippen LogP) is 2.98. The van der Waals surface area contributed by atoms with Gasteiger partial charge in [0, 0.05) is 0 Å². The van der Waals surface area contributed by atoms with Crippen molar-refractivity contribution in [1.82, 2.24) is 9.78 Å². The Bertz CT molecular complexity index is 564. The van der Waals surface area contributed by atoms with Gasteiger partial charge in [0.2, 0.25) is 0 Å². The van der Waals surface area contributed by atoms with Crippen molar-refractivity contribution in [3.63, 3.8) is 0 Å². The molecule has 0 spiro atoms. The first-order valence-electron chi connectivity index (χ1n) is 5.52. The van der Waals surface area contributed by atoms with E-state index in [-0.39, 0.29) is 12.5 Å². The Labute approximate surface area is 114 Å². The van der Waals surface area contributed by atoms with Crippen LogP contribution in [0.3, 0.4) is 0 Å². The molecule has 1 heterocycles. The molecule has 2 aromatic rings. The molecule has 0 N–H and O–H groups in total. The summed E-state index contributed by atoms with van der Waals surface area (Å²) in [4.78, 5) is 12.0. The number of carbonyl (C=O) groups excluding carboxylic acids is 1. The number of aromatic nitrogens is 2. The molecule has 1 aromatic heterocycles. The highest BCUT2D eigenvalue weighted by molar-refractivity contribution is 9.10. The molecule has 2 rings (SSSR count). The maximum Gasteiger partial charge on any atom is 0.285 e. The summed E-state index contributed by atoms with van der Waals surface area (Å²) in [6, 6.07) is 9.24. The smallest absolute Gasteiger partial charge is 0.285 e. The minimum absolute atomic E-state index is 0.0294. The van der Waals surface area contributed by atoms with Gasteiger partial charge < -0.3 is 4.74 Å². The fourth-order valence-corrected chi connectivity index (χ4v) is 1.84. The topological polar surface area (TPSA) is 44.1 Å². The maximum absolute atomic E-state index is 12.0. The number of nitrogens with zero attached hydrogens (tertiary/aromatic N) is 2. The number of hydrogen-bond acceptors (Lipinski definition) is 3. The van der Waals surface area contributed by atoms with E-state index in [2.05, 4.69) is 21.0 Å². The molecule has 0 saturated heterocycles. The van der Waals surface area contributed by atoms with Gasteiger partial charge in [0.15, 0.2) is 6.61 Å². The Hall–Kier alpha value is -1.62. The molecule has 5 heteroatoms. The lowest BCUT2D eigenvalue weighted by Crippen LogP contribution is -2.21. The van der Waals surface area contributed by atoms with E-state index in [0.29, 0.717) is 5.75 Å². The van der Waals surface area contributed by atoms with Crippen LogP contribution in [0.5, 0.6) is 5.75 Å². The first-order valence-corrected chi connectivity index (χ1v) is 6.31. The first kappa shape index (κ1) is 12.8. The van der Waals surface area contributed by atoms with E-state index in [1.807, 2.05) is 44.2 Å². The quantitative estimate of drug-likeness (QED) is 0.875. The summed E-state index contributed by atoms with van der Waals surface area (Å²) in [6.07, 6.45) is 0. The summed E-state index contributed by atoms with van der Waals surface area (Å²) in [5.41, 5.74) is 1.58. The minimum Gasteiger partial charge on any atom is -0.484 e. The van der Waals surface area contributed by atoms with Gasteiger partial charge in [-0.1, -0.05) is 18.2 Å². The molecule has 0 saturated carbocycles. The molecule has 0 aliphatic rings. The molecule has 1 aromatic carbocycles. The van der Waals surface area contributed by atoms with Gasteiger partial charge in [-0.2, -0.15) is 5.10 Å². The van der Waals surface area contributed by atoms with Crippen LogP contribution in [0.1, 0.15) is 16.2 Å². The van der Waals surface area contributed by atoms with Crippen molar-refractivity contribution in [2.75, 3.05) is 6.61 Å². The number of aryl methyl sites for hydroxylation is 1. The van der Waals surface area contributed by atoms with Crippen LogP contribution in [0, 0.1) is 13.8 Å². The van der Waals surface area contributed by atoms with E-state index in [4.69, 9.17) is 4.74 Å². The van der Waals surface area contributed by atoms with Gasteiger partial charge in [0.05, 0.1) is 15.9 Å². The van der Waals surface area contributed by atoms with Gasteiger partial charge in [-0.3, -0.25) is 4.79 Å². The Kier molecular flexibility index (Phi) is 3.81. The van der Waals surface area contributed by atoms with Crippen molar-refractivity contribution in [1.29, 1.82) is 0 Å². The van der Waals surface area contributed by atoms with Crippen molar-refractivity contribution in [3.8, 4) is 5.75 Å². The molecular weight excluding hydrogens is 296 g/mol. The maximum atomic E-state index is 12.0. The van der Waals surface area contributed by atoms with Crippen molar-refractivity contribution in [3.05, 3.63) is 46.2 Å². The number of para-hydroxylation sites is 1. The normalized spacial score (nSPS) is 10.4. The van der Waals surface area contributed by atoms with Crippen LogP contribution in [0.25, 0.3) is 0 Å². The van der Waals surface area contributed by atoms with Crippen LogP contribution >= 0.6 is 15.9 Å². The van der Waals surface area contributed by atoms with E-state index in [0.717, 1.165) is 15.9 Å². The van der Waals surface area contributed by atoms with Crippen LogP contribution in [0.4, 0.5) is 0 Å². The molecule has 94 valence electrons. The van der Waals surface area contributed by atoms with E-state index >= 15 is 0 Å². The van der Waals surface area contributed by atoms with E-state index in [9.17, 15) is 4.79 Å². The van der Waals surface area contributed by atoms with Crippen LogP contribution in [0.15, 0.2) is 34.8 Å². The Morgan fingerprint density at radius 2 is 2.00 bits per heavy atom. The molecule has 0 amide bonds. The fourth-order valence-electron chi connectivity index (χ4n) is 1.59. The molecule has 0 radical (unpaired) electrons. The Balaban J connectivity index is 2.06. The minimum atomic E-state index is -0.190. The Morgan fingerprint density at radius 1 is 1.33 bits per heavy atom. The van der Waals surface area contributed by atoms with Crippen LogP contribution in [0.2, 0.25) is 0 Å². The van der Waals surface area contributed by atoms with Crippen LogP contribution in [-0.2, 0) is 0 Å². The van der Waals surface area contributed by atoms with Crippen LogP contribution < -0.4 is 4.74 Å². The highest BCUT2D eigenvalue weighted by Crippen LogP contribution is 2.19. The van der Waals surface area contributed by atoms with E-state index in [1.54, 1.807) is 0 Å². The van der Waals surface area contributed by atoms with Crippen molar-refractivity contribution in [2.24, 2.45) is 0 Å². The fraction of sp³-hybridized carbons (Fsp3) is 0.231. The largest absolute Gasteiger partial charge is 0.484 e. The SMILES string of the molecule is Cc1nn(C(=O)COc2ccccc2)c(C)c1Br. The molecular formula is C13H13BrN2O2. The number of halogens is 1. The third kappa shape index (κ3) is 2.61. The number of carbonyl (C=O) groups is 1. The average molecular weight is 309 g/mol. The van der Waals surface area contributed by atoms with Gasteiger partial charge in [0.1, 0.15) is 5.75 Å². The molecule has 0 aliphatic heterocycles. The summed E-state index contributed by atoms with van der Waals surface area (Å²) in [5, 5.41) is 4.16. The molecule has 0 bridgehead atoms. The lowest BCUT2D eigenvalue weighted by atomic mass is 10.3. The van der Waals surface area contributed by atoms with Crippen LogP contribution in [-0.4, -0.2) is 22.3 Å². The second-order valence-corrected chi connectivity index (χ2v) is 4.69. The molecule has 0 fully saturated rings. The number of hydrogen-bond donors (Lipinski definition) is 0. The zero-order valence-corrected chi connectivity index (χ0v) is 11.8. The molecule has 4 nitrogen and oxygen atoms in total. The monoisotopic (exact) mass is 308 g/mol. The lowest BCUT2D eigenvalue weighted by Gasteiger charge is -2.06. The predicted molar refractivity (Wildman–Crippen MR) is 72.0 cm³/mol. The zero-order valence-electron chi connectivity index (χ0n) is 10.2. The summed E-state index contributed by atoms with van der Waals surface area (Å²) < 4.78 is 7.62. The number of benzene rings is 1. The molecule has 0 atom stereocenters. The van der Waals surface area contributed by atoms with E-state index < -0.39 is 0 Å². The van der Waals surface area contributed by atoms with Gasteiger partial charge in [-0.15, -0.1) is 0 Å². The highest BCUT2D eigenvalue weighted by Gasteiger charge is 2.15. The lowest BCUT2D eigenvalue weighted by molar-refractivity contribution is 0.0818. The molecule has 18 heavy (non-hydrogen) atoms. The number of ether oxygens (including phenoxy) is 1. The van der Waals surface area contributed by atoms with Crippen molar-refractivity contribution < 1.29 is 9.53 Å². The highest BCUT2D eigenvalue weighted by atomic mass is 79.9. The zero-order chi connectivity index (χ0) is 13.1. The average Bonchev–Trinajstić information content (AvgIpc) is 2.65. The Morgan fingerprint density at radius 3 is 2.56 bits per heavy atom. The summed E-state index contributed by atoms with van der Waals surface area (Å²) in [5.74, 6) is 0.483. The summed E-state index contributed by atoms with van der Waals surface area (Å²) >= 11 is 3.39. The third-order valence-corrected chi connectivity index (χ3v) is 3.69. The van der Waals surface area contributed by atoms with Gasteiger partial charge in [-0.05, 0) is 41.9 Å². The standard InChI is InChI=1S/C13H13BrN2O2/c1-9-13(14)10(2)16(15-9)12(17)8-18-11-6-4-3-5-7-11/h3-7H,8H2,1-2H3. The van der Waals surface area contributed by atoms with Gasteiger partial charge in [-0.25, -0.2) is 4.68 Å². The third-order valence-electron chi connectivity index (χ3n) is 2.54. The second kappa shape index (κ2) is 5.35. The van der Waals surface area contributed by atoms with Gasteiger partial charge in [0.25, 0.3) is 5.91 Å². The second-order valence-electron chi connectivity index (χ2n) is 3.89.